The van der Waals surface area contributed by atoms with Gasteiger partial charge in [0.25, 0.3) is 0 Å². The molecule has 0 spiro atoms. The maximum Gasteiger partial charge on any atom is 0.323 e. The first-order chi connectivity index (χ1) is 23.4. The van der Waals surface area contributed by atoms with Crippen LogP contribution in [0.3, 0.4) is 0 Å². The Kier molecular flexibility index (Phi) is 20.0. The maximum absolute atomic E-state index is 13.8. The smallest absolute Gasteiger partial charge is 0.323 e. The van der Waals surface area contributed by atoms with Crippen LogP contribution in [-0.2, 0) is 47.7 Å². The summed E-state index contributed by atoms with van der Waals surface area (Å²) in [5, 5.41) is 0. The number of rotatable bonds is 20. The van der Waals surface area contributed by atoms with Gasteiger partial charge >= 0.3 is 29.8 Å². The Labute approximate surface area is 313 Å². The van der Waals surface area contributed by atoms with Crippen LogP contribution in [0.5, 0.6) is 0 Å². The van der Waals surface area contributed by atoms with E-state index >= 15 is 0 Å². The van der Waals surface area contributed by atoms with Crippen molar-refractivity contribution in [1.29, 1.82) is 0 Å². The van der Waals surface area contributed by atoms with Gasteiger partial charge in [-0.3, -0.25) is 38.7 Å². The number of hydrogen-bond acceptors (Lipinski definition) is 14. The van der Waals surface area contributed by atoms with Gasteiger partial charge in [-0.25, -0.2) is 0 Å². The van der Waals surface area contributed by atoms with Gasteiger partial charge in [0.15, 0.2) is 0 Å². The minimum absolute atomic E-state index is 0.173. The molecule has 0 aliphatic heterocycles. The van der Waals surface area contributed by atoms with Crippen molar-refractivity contribution >= 4 is 29.8 Å². The topological polar surface area (TPSA) is 167 Å². The normalized spacial score (nSPS) is 13.6. The molecule has 0 saturated carbocycles. The van der Waals surface area contributed by atoms with Crippen molar-refractivity contribution < 1.29 is 47.7 Å². The molecule has 0 aliphatic rings. The zero-order valence-corrected chi connectivity index (χ0v) is 35.1. The molecule has 0 unspecified atom stereocenters. The van der Waals surface area contributed by atoms with Gasteiger partial charge in [-0.05, 0) is 123 Å². The highest BCUT2D eigenvalue weighted by atomic mass is 16.6. The Balaban J connectivity index is 6.70. The van der Waals surface area contributed by atoms with Crippen molar-refractivity contribution in [3.8, 4) is 0 Å². The summed E-state index contributed by atoms with van der Waals surface area (Å²) in [5.74, 6) is -2.52. The molecule has 0 amide bonds. The Bertz CT molecular complexity index is 1010. The average molecular weight is 745 g/mol. The second-order valence-electron chi connectivity index (χ2n) is 18.1. The summed E-state index contributed by atoms with van der Waals surface area (Å²) in [6.07, 6.45) is 1.73. The molecule has 0 bridgehead atoms. The standard InChI is InChI=1S/C38H72N4O10/c1-34(2,3)48-29(43)24-40(25-30(44)49-35(4,5)6)20-22-42(28(18-16-17-19-39)33(47)52-38(13,14)15)23-21-41(26-31(45)50-36(7,8)9)27-32(46)51-37(10,11)12/h28H,16-27,39H2,1-15H3/t28-/m0/s1. The molecular weight excluding hydrogens is 672 g/mol. The maximum atomic E-state index is 13.8. The van der Waals surface area contributed by atoms with Gasteiger partial charge in [-0.2, -0.15) is 0 Å². The van der Waals surface area contributed by atoms with Crippen molar-refractivity contribution in [3.05, 3.63) is 0 Å². The van der Waals surface area contributed by atoms with E-state index in [2.05, 4.69) is 0 Å². The quantitative estimate of drug-likeness (QED) is 0.108. The highest BCUT2D eigenvalue weighted by Crippen LogP contribution is 2.18. The Morgan fingerprint density at radius 1 is 0.462 bits per heavy atom. The van der Waals surface area contributed by atoms with Crippen LogP contribution in [0.15, 0.2) is 0 Å². The number of unbranched alkanes of at least 4 members (excludes halogenated alkanes) is 1. The molecule has 0 aromatic heterocycles. The lowest BCUT2D eigenvalue weighted by Crippen LogP contribution is -2.51. The summed E-state index contributed by atoms with van der Waals surface area (Å²) in [5.41, 5.74) is 2.08. The van der Waals surface area contributed by atoms with Crippen LogP contribution >= 0.6 is 0 Å². The molecule has 304 valence electrons. The van der Waals surface area contributed by atoms with Gasteiger partial charge in [-0.15, -0.1) is 0 Å². The molecule has 0 aromatic carbocycles. The predicted molar refractivity (Wildman–Crippen MR) is 200 cm³/mol. The number of nitrogens with zero attached hydrogens (tertiary/aromatic N) is 3. The summed E-state index contributed by atoms with van der Waals surface area (Å²) in [6, 6.07) is -0.736. The van der Waals surface area contributed by atoms with E-state index in [-0.39, 0.29) is 52.4 Å². The number of esters is 5. The van der Waals surface area contributed by atoms with Gasteiger partial charge in [0.05, 0.1) is 26.2 Å². The first-order valence-electron chi connectivity index (χ1n) is 18.4. The van der Waals surface area contributed by atoms with Gasteiger partial charge < -0.3 is 29.4 Å². The summed E-state index contributed by atoms with van der Waals surface area (Å²) in [7, 11) is 0. The molecule has 14 heteroatoms. The van der Waals surface area contributed by atoms with Crippen LogP contribution < -0.4 is 5.73 Å². The molecule has 0 aromatic rings. The van der Waals surface area contributed by atoms with Crippen molar-refractivity contribution in [1.82, 2.24) is 14.7 Å². The zero-order chi connectivity index (χ0) is 40.7. The Hall–Kier alpha value is -2.81. The highest BCUT2D eigenvalue weighted by Gasteiger charge is 2.33. The average Bonchev–Trinajstić information content (AvgIpc) is 2.85. The monoisotopic (exact) mass is 745 g/mol. The number of hydrogen-bond donors (Lipinski definition) is 1. The first-order valence-corrected chi connectivity index (χ1v) is 18.4. The second-order valence-corrected chi connectivity index (χ2v) is 18.1. The van der Waals surface area contributed by atoms with Crippen LogP contribution in [0.25, 0.3) is 0 Å². The number of ether oxygens (including phenoxy) is 5. The minimum Gasteiger partial charge on any atom is -0.459 e. The lowest BCUT2D eigenvalue weighted by Gasteiger charge is -2.35. The van der Waals surface area contributed by atoms with E-state index in [1.54, 1.807) is 114 Å². The summed E-state index contributed by atoms with van der Waals surface area (Å²) >= 11 is 0. The van der Waals surface area contributed by atoms with Gasteiger partial charge in [0.1, 0.15) is 34.0 Å². The summed E-state index contributed by atoms with van der Waals surface area (Å²) < 4.78 is 28.1. The third kappa shape index (κ3) is 26.9. The van der Waals surface area contributed by atoms with Crippen molar-refractivity contribution in [2.24, 2.45) is 5.73 Å². The predicted octanol–water partition coefficient (Wildman–Crippen LogP) is 4.10. The van der Waals surface area contributed by atoms with E-state index < -0.39 is 63.9 Å². The summed E-state index contributed by atoms with van der Waals surface area (Å²) in [6.45, 7) is 26.9. The van der Waals surface area contributed by atoms with E-state index in [1.165, 1.54) is 0 Å². The second kappa shape index (κ2) is 21.2. The van der Waals surface area contributed by atoms with Crippen molar-refractivity contribution in [2.45, 2.75) is 157 Å². The molecule has 2 N–H and O–H groups in total. The number of carbonyl (C=O) groups is 5. The van der Waals surface area contributed by atoms with E-state index in [1.807, 2.05) is 4.90 Å². The van der Waals surface area contributed by atoms with Gasteiger partial charge in [0.2, 0.25) is 0 Å². The molecule has 0 heterocycles. The van der Waals surface area contributed by atoms with E-state index in [9.17, 15) is 24.0 Å². The van der Waals surface area contributed by atoms with E-state index in [0.29, 0.717) is 25.8 Å². The molecule has 0 radical (unpaired) electrons. The molecule has 14 nitrogen and oxygen atoms in total. The summed E-state index contributed by atoms with van der Waals surface area (Å²) in [4.78, 5) is 70.8. The van der Waals surface area contributed by atoms with Crippen LogP contribution in [-0.4, -0.2) is 137 Å². The first kappa shape index (κ1) is 49.2. The SMILES string of the molecule is CC(C)(C)OC(=O)CN(CCN(CCN(CC(=O)OC(C)(C)C)CC(=O)OC(C)(C)C)[C@@H](CCCCN)C(=O)OC(C)(C)C)CC(=O)OC(C)(C)C. The molecule has 0 aliphatic carbocycles. The largest absolute Gasteiger partial charge is 0.459 e. The van der Waals surface area contributed by atoms with E-state index in [0.717, 1.165) is 0 Å². The van der Waals surface area contributed by atoms with Crippen LogP contribution in [0.2, 0.25) is 0 Å². The lowest BCUT2D eigenvalue weighted by molar-refractivity contribution is -0.164. The van der Waals surface area contributed by atoms with Crippen molar-refractivity contribution in [3.63, 3.8) is 0 Å². The van der Waals surface area contributed by atoms with E-state index in [4.69, 9.17) is 29.4 Å². The molecule has 0 rings (SSSR count). The molecule has 52 heavy (non-hydrogen) atoms. The zero-order valence-electron chi connectivity index (χ0n) is 35.1. The lowest BCUT2D eigenvalue weighted by atomic mass is 10.1. The fourth-order valence-corrected chi connectivity index (χ4v) is 4.92. The number of carbonyl (C=O) groups excluding carboxylic acids is 5. The third-order valence-electron chi connectivity index (χ3n) is 6.55. The molecular formula is C38H72N4O10. The molecule has 1 atom stereocenters. The fraction of sp³-hybridized carbons (Fsp3) is 0.868. The molecule has 0 fully saturated rings. The van der Waals surface area contributed by atoms with Gasteiger partial charge in [0, 0.05) is 26.2 Å². The van der Waals surface area contributed by atoms with Crippen LogP contribution in [0, 0.1) is 0 Å². The van der Waals surface area contributed by atoms with Crippen molar-refractivity contribution in [2.75, 3.05) is 58.9 Å². The molecule has 0 saturated heterocycles. The Morgan fingerprint density at radius 3 is 1.00 bits per heavy atom. The van der Waals surface area contributed by atoms with Crippen LogP contribution in [0.4, 0.5) is 0 Å². The van der Waals surface area contributed by atoms with Gasteiger partial charge in [-0.1, -0.05) is 6.42 Å². The highest BCUT2D eigenvalue weighted by molar-refractivity contribution is 5.77. The fourth-order valence-electron chi connectivity index (χ4n) is 4.92. The Morgan fingerprint density at radius 2 is 0.750 bits per heavy atom. The third-order valence-corrected chi connectivity index (χ3v) is 6.55. The van der Waals surface area contributed by atoms with Crippen LogP contribution in [0.1, 0.15) is 123 Å². The number of nitrogens with two attached hydrogens (primary N) is 1. The minimum atomic E-state index is -0.770.